The quantitative estimate of drug-likeness (QED) is 0.472. The van der Waals surface area contributed by atoms with E-state index in [1.165, 1.54) is 4.68 Å². The number of carbonyl (C=O) groups is 1. The van der Waals surface area contributed by atoms with Crippen LogP contribution >= 0.6 is 34.8 Å². The van der Waals surface area contributed by atoms with Gasteiger partial charge in [-0.2, -0.15) is 5.10 Å². The van der Waals surface area contributed by atoms with Gasteiger partial charge in [0.2, 0.25) is 10.0 Å². The van der Waals surface area contributed by atoms with Crippen LogP contribution in [0.15, 0.2) is 42.5 Å². The van der Waals surface area contributed by atoms with Gasteiger partial charge in [-0.15, -0.1) is 0 Å². The fourth-order valence-corrected chi connectivity index (χ4v) is 3.94. The number of esters is 1. The van der Waals surface area contributed by atoms with Crippen molar-refractivity contribution in [3.05, 3.63) is 68.8 Å². The summed E-state index contributed by atoms with van der Waals surface area (Å²) in [6, 6.07) is 11.7. The van der Waals surface area contributed by atoms with Gasteiger partial charge >= 0.3 is 5.97 Å². The molecule has 3 rings (SSSR count). The zero-order chi connectivity index (χ0) is 22.8. The molecule has 3 aromatic rings. The second-order valence-corrected chi connectivity index (χ2v) is 9.62. The van der Waals surface area contributed by atoms with Gasteiger partial charge in [0.1, 0.15) is 0 Å². The maximum Gasteiger partial charge on any atom is 0.359 e. The number of sulfonamides is 1. The summed E-state index contributed by atoms with van der Waals surface area (Å²) in [7, 11) is -3.56. The summed E-state index contributed by atoms with van der Waals surface area (Å²) in [5, 5.41) is 5.67. The average Bonchev–Trinajstić information content (AvgIpc) is 3.06. The Hall–Kier alpha value is -2.10. The molecule has 0 aliphatic carbocycles. The van der Waals surface area contributed by atoms with E-state index in [1.807, 2.05) is 0 Å². The fourth-order valence-electron chi connectivity index (χ4n) is 2.92. The van der Waals surface area contributed by atoms with Crippen LogP contribution in [-0.2, 0) is 21.3 Å². The monoisotopic (exact) mass is 501 g/mol. The standard InChI is InChI=1S/C20H18Cl3N3O4S/c1-3-30-20(27)18-15(11-24-31(2,28)29)19(12-4-6-13(21)7-5-12)26(25-18)17-9-8-14(22)10-16(17)23/h4-10,24H,3,11H2,1-2H3. The topological polar surface area (TPSA) is 90.3 Å². The molecule has 11 heteroatoms. The molecule has 0 amide bonds. The summed E-state index contributed by atoms with van der Waals surface area (Å²) in [5.41, 5.74) is 1.85. The molecular weight excluding hydrogens is 485 g/mol. The van der Waals surface area contributed by atoms with Crippen LogP contribution < -0.4 is 4.72 Å². The highest BCUT2D eigenvalue weighted by Gasteiger charge is 2.27. The largest absolute Gasteiger partial charge is 0.461 e. The lowest BCUT2D eigenvalue weighted by molar-refractivity contribution is 0.0517. The van der Waals surface area contributed by atoms with E-state index in [-0.39, 0.29) is 18.8 Å². The molecule has 1 heterocycles. The van der Waals surface area contributed by atoms with Gasteiger partial charge in [-0.05, 0) is 37.3 Å². The molecule has 0 atom stereocenters. The minimum absolute atomic E-state index is 0.0334. The van der Waals surface area contributed by atoms with Crippen molar-refractivity contribution in [2.24, 2.45) is 0 Å². The Labute approximate surface area is 194 Å². The molecule has 1 N–H and O–H groups in total. The van der Waals surface area contributed by atoms with Gasteiger partial charge in [-0.1, -0.05) is 46.9 Å². The number of halogens is 3. The maximum atomic E-state index is 12.7. The minimum atomic E-state index is -3.56. The number of hydrogen-bond donors (Lipinski definition) is 1. The molecule has 0 aliphatic rings. The molecule has 0 saturated carbocycles. The van der Waals surface area contributed by atoms with E-state index in [1.54, 1.807) is 49.4 Å². The molecule has 2 aromatic carbocycles. The van der Waals surface area contributed by atoms with Gasteiger partial charge in [0.25, 0.3) is 0 Å². The smallest absolute Gasteiger partial charge is 0.359 e. The van der Waals surface area contributed by atoms with Crippen molar-refractivity contribution in [2.45, 2.75) is 13.5 Å². The molecule has 0 radical (unpaired) electrons. The van der Waals surface area contributed by atoms with Crippen LogP contribution in [0, 0.1) is 0 Å². The summed E-state index contributed by atoms with van der Waals surface area (Å²) in [6.07, 6.45) is 1.03. The van der Waals surface area contributed by atoms with Crippen LogP contribution in [0.5, 0.6) is 0 Å². The normalized spacial score (nSPS) is 11.5. The van der Waals surface area contributed by atoms with Crippen LogP contribution in [0.2, 0.25) is 15.1 Å². The van der Waals surface area contributed by atoms with Gasteiger partial charge in [-0.25, -0.2) is 22.6 Å². The van der Waals surface area contributed by atoms with Gasteiger partial charge in [0.15, 0.2) is 5.69 Å². The number of benzene rings is 2. The Balaban J connectivity index is 2.32. The second-order valence-electron chi connectivity index (χ2n) is 6.50. The van der Waals surface area contributed by atoms with Gasteiger partial charge < -0.3 is 4.74 Å². The van der Waals surface area contributed by atoms with E-state index in [2.05, 4.69) is 9.82 Å². The molecule has 0 unspecified atom stereocenters. The lowest BCUT2D eigenvalue weighted by Gasteiger charge is -2.12. The molecule has 164 valence electrons. The second kappa shape index (κ2) is 9.58. The number of rotatable bonds is 7. The highest BCUT2D eigenvalue weighted by atomic mass is 35.5. The maximum absolute atomic E-state index is 12.7. The molecule has 31 heavy (non-hydrogen) atoms. The number of nitrogens with one attached hydrogen (secondary N) is 1. The van der Waals surface area contributed by atoms with Crippen molar-refractivity contribution < 1.29 is 17.9 Å². The van der Waals surface area contributed by atoms with Crippen molar-refractivity contribution in [3.63, 3.8) is 0 Å². The van der Waals surface area contributed by atoms with E-state index in [0.29, 0.717) is 37.6 Å². The third kappa shape index (κ3) is 5.58. The third-order valence-corrected chi connectivity index (χ3v) is 5.68. The van der Waals surface area contributed by atoms with E-state index in [4.69, 9.17) is 39.5 Å². The summed E-state index contributed by atoms with van der Waals surface area (Å²) < 4.78 is 32.6. The van der Waals surface area contributed by atoms with Crippen molar-refractivity contribution in [1.29, 1.82) is 0 Å². The Morgan fingerprint density at radius 2 is 1.74 bits per heavy atom. The number of carbonyl (C=O) groups excluding carboxylic acids is 1. The van der Waals surface area contributed by atoms with E-state index in [9.17, 15) is 13.2 Å². The number of nitrogens with zero attached hydrogens (tertiary/aromatic N) is 2. The first kappa shape index (κ1) is 23.6. The molecule has 0 saturated heterocycles. The summed E-state index contributed by atoms with van der Waals surface area (Å²) >= 11 is 18.5. The minimum Gasteiger partial charge on any atom is -0.461 e. The Morgan fingerprint density at radius 3 is 2.32 bits per heavy atom. The molecular formula is C20H18Cl3N3O4S. The summed E-state index contributed by atoms with van der Waals surface area (Å²) in [5.74, 6) is -0.688. The molecule has 0 bridgehead atoms. The fraction of sp³-hybridized carbons (Fsp3) is 0.200. The van der Waals surface area contributed by atoms with Crippen molar-refractivity contribution in [3.8, 4) is 16.9 Å². The number of ether oxygens (including phenoxy) is 1. The third-order valence-electron chi connectivity index (χ3n) is 4.22. The Kier molecular flexibility index (Phi) is 7.28. The van der Waals surface area contributed by atoms with Crippen molar-refractivity contribution in [1.82, 2.24) is 14.5 Å². The van der Waals surface area contributed by atoms with Gasteiger partial charge in [0, 0.05) is 27.7 Å². The van der Waals surface area contributed by atoms with E-state index < -0.39 is 16.0 Å². The van der Waals surface area contributed by atoms with E-state index >= 15 is 0 Å². The van der Waals surface area contributed by atoms with Crippen molar-refractivity contribution in [2.75, 3.05) is 12.9 Å². The molecule has 1 aromatic heterocycles. The van der Waals surface area contributed by atoms with Crippen LogP contribution in [0.3, 0.4) is 0 Å². The predicted molar refractivity (Wildman–Crippen MR) is 122 cm³/mol. The highest BCUT2D eigenvalue weighted by molar-refractivity contribution is 7.88. The van der Waals surface area contributed by atoms with Crippen molar-refractivity contribution >= 4 is 50.8 Å². The highest BCUT2D eigenvalue weighted by Crippen LogP contribution is 2.34. The number of hydrogen-bond acceptors (Lipinski definition) is 5. The predicted octanol–water partition coefficient (Wildman–Crippen LogP) is 4.73. The van der Waals surface area contributed by atoms with E-state index in [0.717, 1.165) is 6.26 Å². The Morgan fingerprint density at radius 1 is 1.10 bits per heavy atom. The zero-order valence-electron chi connectivity index (χ0n) is 16.5. The lowest BCUT2D eigenvalue weighted by atomic mass is 10.1. The van der Waals surface area contributed by atoms with Gasteiger partial charge in [-0.3, -0.25) is 0 Å². The first-order valence-electron chi connectivity index (χ1n) is 9.05. The molecule has 0 aliphatic heterocycles. The summed E-state index contributed by atoms with van der Waals surface area (Å²) in [6.45, 7) is 1.61. The van der Waals surface area contributed by atoms with Crippen LogP contribution in [0.1, 0.15) is 23.0 Å². The zero-order valence-corrected chi connectivity index (χ0v) is 19.6. The molecule has 7 nitrogen and oxygen atoms in total. The molecule has 0 spiro atoms. The van der Waals surface area contributed by atoms with Crippen LogP contribution in [-0.4, -0.2) is 37.0 Å². The number of aromatic nitrogens is 2. The summed E-state index contributed by atoms with van der Waals surface area (Å²) in [4.78, 5) is 12.7. The van der Waals surface area contributed by atoms with Gasteiger partial charge in [0.05, 0.1) is 29.3 Å². The first-order valence-corrected chi connectivity index (χ1v) is 12.1. The van der Waals surface area contributed by atoms with Crippen LogP contribution in [0.25, 0.3) is 16.9 Å². The lowest BCUT2D eigenvalue weighted by Crippen LogP contribution is -2.23. The average molecular weight is 503 g/mol. The van der Waals surface area contributed by atoms with Crippen LogP contribution in [0.4, 0.5) is 0 Å². The molecule has 0 fully saturated rings. The SMILES string of the molecule is CCOC(=O)c1nn(-c2ccc(Cl)cc2Cl)c(-c2ccc(Cl)cc2)c1CNS(C)(=O)=O. The Bertz CT molecular complexity index is 1230. The first-order chi connectivity index (χ1) is 14.6.